The first-order valence-electron chi connectivity index (χ1n) is 4.34. The predicted octanol–water partition coefficient (Wildman–Crippen LogP) is 2.93. The maximum Gasteiger partial charge on any atom is 0.133 e. The molecule has 0 amide bonds. The molecule has 0 heterocycles. The van der Waals surface area contributed by atoms with Gasteiger partial charge in [0.15, 0.2) is 0 Å². The van der Waals surface area contributed by atoms with Gasteiger partial charge in [-0.3, -0.25) is 4.79 Å². The van der Waals surface area contributed by atoms with E-state index in [4.69, 9.17) is 11.6 Å². The number of allylic oxidation sites excluding steroid dienone is 1. The quantitative estimate of drug-likeness (QED) is 0.489. The van der Waals surface area contributed by atoms with E-state index < -0.39 is 0 Å². The zero-order valence-electron chi connectivity index (χ0n) is 7.53. The first-order valence-corrected chi connectivity index (χ1v) is 4.88. The van der Waals surface area contributed by atoms with Gasteiger partial charge < -0.3 is 0 Å². The molecule has 1 aliphatic carbocycles. The Morgan fingerprint density at radius 1 is 1.75 bits per heavy atom. The number of alkyl halides is 1. The van der Waals surface area contributed by atoms with E-state index in [0.717, 1.165) is 24.8 Å². The molecule has 12 heavy (non-hydrogen) atoms. The van der Waals surface area contributed by atoms with Gasteiger partial charge in [0.05, 0.1) is 0 Å². The molecule has 1 atom stereocenters. The summed E-state index contributed by atoms with van der Waals surface area (Å²) in [5, 5.41) is 0. The third-order valence-electron chi connectivity index (χ3n) is 2.79. The van der Waals surface area contributed by atoms with Gasteiger partial charge in [-0.05, 0) is 18.3 Å². The molecule has 0 aromatic rings. The lowest BCUT2D eigenvalue weighted by atomic mass is 9.80. The molecule has 1 fully saturated rings. The summed E-state index contributed by atoms with van der Waals surface area (Å²) >= 11 is 5.63. The molecule has 0 radical (unpaired) electrons. The lowest BCUT2D eigenvalue weighted by Crippen LogP contribution is -2.15. The van der Waals surface area contributed by atoms with Crippen LogP contribution in [0.1, 0.15) is 32.6 Å². The van der Waals surface area contributed by atoms with Crippen molar-refractivity contribution < 1.29 is 4.79 Å². The first-order chi connectivity index (χ1) is 5.58. The van der Waals surface area contributed by atoms with Crippen LogP contribution in [-0.4, -0.2) is 11.7 Å². The molecule has 1 saturated carbocycles. The molecule has 1 nitrogen and oxygen atoms in total. The molecule has 0 saturated heterocycles. The molecule has 0 spiro atoms. The van der Waals surface area contributed by atoms with Gasteiger partial charge in [-0.25, -0.2) is 0 Å². The van der Waals surface area contributed by atoms with E-state index >= 15 is 0 Å². The zero-order chi connectivity index (χ0) is 9.19. The Morgan fingerprint density at radius 3 is 2.83 bits per heavy atom. The van der Waals surface area contributed by atoms with E-state index in [1.54, 1.807) is 0 Å². The molecule has 0 N–H and O–H groups in total. The summed E-state index contributed by atoms with van der Waals surface area (Å²) in [6.45, 7) is 6.11. The van der Waals surface area contributed by atoms with E-state index in [-0.39, 0.29) is 5.41 Å². The van der Waals surface area contributed by atoms with Crippen LogP contribution in [0.25, 0.3) is 0 Å². The second kappa shape index (κ2) is 3.61. The van der Waals surface area contributed by atoms with Gasteiger partial charge in [0.2, 0.25) is 0 Å². The normalized spacial score (nSPS) is 29.3. The number of carbonyl (C=O) groups excluding carboxylic acids is 1. The molecule has 0 aliphatic heterocycles. The van der Waals surface area contributed by atoms with Gasteiger partial charge in [0.25, 0.3) is 0 Å². The third kappa shape index (κ3) is 1.89. The van der Waals surface area contributed by atoms with Crippen molar-refractivity contribution in [2.75, 3.05) is 5.88 Å². The highest BCUT2D eigenvalue weighted by Crippen LogP contribution is 2.42. The van der Waals surface area contributed by atoms with Crippen molar-refractivity contribution in [3.05, 3.63) is 12.2 Å². The highest BCUT2D eigenvalue weighted by molar-refractivity contribution is 6.18. The Balaban J connectivity index is 2.60. The average molecular weight is 187 g/mol. The molecule has 68 valence electrons. The highest BCUT2D eigenvalue weighted by Gasteiger charge is 2.35. The van der Waals surface area contributed by atoms with Crippen molar-refractivity contribution in [3.63, 3.8) is 0 Å². The van der Waals surface area contributed by atoms with Gasteiger partial charge >= 0.3 is 0 Å². The maximum atomic E-state index is 11.1. The third-order valence-corrected chi connectivity index (χ3v) is 2.98. The summed E-state index contributed by atoms with van der Waals surface area (Å²) in [4.78, 5) is 11.1. The minimum atomic E-state index is 0.0476. The standard InChI is InChI=1S/C10H15ClO/c1-8(4-6-11)10(2)5-3-9(12)7-10/h1,3-7H2,2H3. The molecular formula is C10H15ClO. The number of hydrogen-bond donors (Lipinski definition) is 0. The van der Waals surface area contributed by atoms with E-state index in [1.165, 1.54) is 0 Å². The topological polar surface area (TPSA) is 17.1 Å². The Bertz CT molecular complexity index is 210. The van der Waals surface area contributed by atoms with Crippen LogP contribution < -0.4 is 0 Å². The second-order valence-electron chi connectivity index (χ2n) is 3.82. The second-order valence-corrected chi connectivity index (χ2v) is 4.20. The molecule has 1 aliphatic rings. The van der Waals surface area contributed by atoms with Crippen LogP contribution in [0.2, 0.25) is 0 Å². The molecule has 1 unspecified atom stereocenters. The summed E-state index contributed by atoms with van der Waals surface area (Å²) in [6.07, 6.45) is 3.19. The largest absolute Gasteiger partial charge is 0.300 e. The SMILES string of the molecule is C=C(CCCl)C1(C)CCC(=O)C1. The maximum absolute atomic E-state index is 11.1. The van der Waals surface area contributed by atoms with Gasteiger partial charge in [-0.2, -0.15) is 0 Å². The zero-order valence-corrected chi connectivity index (χ0v) is 8.28. The Labute approximate surface area is 78.8 Å². The predicted molar refractivity (Wildman–Crippen MR) is 51.4 cm³/mol. The van der Waals surface area contributed by atoms with Gasteiger partial charge in [0.1, 0.15) is 5.78 Å². The van der Waals surface area contributed by atoms with E-state index in [0.29, 0.717) is 18.1 Å². The van der Waals surface area contributed by atoms with Crippen molar-refractivity contribution in [1.82, 2.24) is 0 Å². The van der Waals surface area contributed by atoms with Crippen molar-refractivity contribution in [2.24, 2.45) is 5.41 Å². The van der Waals surface area contributed by atoms with Gasteiger partial charge in [-0.1, -0.05) is 19.1 Å². The van der Waals surface area contributed by atoms with Crippen LogP contribution in [0.3, 0.4) is 0 Å². The summed E-state index contributed by atoms with van der Waals surface area (Å²) in [5.41, 5.74) is 1.19. The van der Waals surface area contributed by atoms with Crippen molar-refractivity contribution in [1.29, 1.82) is 0 Å². The number of carbonyl (C=O) groups is 1. The van der Waals surface area contributed by atoms with Crippen LogP contribution in [-0.2, 0) is 4.79 Å². The lowest BCUT2D eigenvalue weighted by molar-refractivity contribution is -0.117. The smallest absolute Gasteiger partial charge is 0.133 e. The molecule has 0 aromatic carbocycles. The van der Waals surface area contributed by atoms with E-state index in [1.807, 2.05) is 0 Å². The van der Waals surface area contributed by atoms with E-state index in [2.05, 4.69) is 13.5 Å². The van der Waals surface area contributed by atoms with Crippen LogP contribution in [0.5, 0.6) is 0 Å². The number of hydrogen-bond acceptors (Lipinski definition) is 1. The summed E-state index contributed by atoms with van der Waals surface area (Å²) < 4.78 is 0. The molecule has 1 rings (SSSR count). The molecule has 0 bridgehead atoms. The van der Waals surface area contributed by atoms with Crippen LogP contribution >= 0.6 is 11.6 Å². The Morgan fingerprint density at radius 2 is 2.42 bits per heavy atom. The fraction of sp³-hybridized carbons (Fsp3) is 0.700. The molecular weight excluding hydrogens is 172 g/mol. The summed E-state index contributed by atoms with van der Waals surface area (Å²) in [7, 11) is 0. The van der Waals surface area contributed by atoms with Crippen LogP contribution in [0.4, 0.5) is 0 Å². The fourth-order valence-corrected chi connectivity index (χ4v) is 1.97. The Kier molecular flexibility index (Phi) is 2.94. The van der Waals surface area contributed by atoms with E-state index in [9.17, 15) is 4.79 Å². The number of rotatable bonds is 3. The highest BCUT2D eigenvalue weighted by atomic mass is 35.5. The fourth-order valence-electron chi connectivity index (χ4n) is 1.74. The monoisotopic (exact) mass is 186 g/mol. The number of halogens is 1. The van der Waals surface area contributed by atoms with Crippen molar-refractivity contribution in [2.45, 2.75) is 32.6 Å². The minimum absolute atomic E-state index is 0.0476. The number of Topliss-reactive ketones (excluding diaryl/α,β-unsaturated/α-hetero) is 1. The van der Waals surface area contributed by atoms with Crippen LogP contribution in [0, 0.1) is 5.41 Å². The van der Waals surface area contributed by atoms with Crippen molar-refractivity contribution >= 4 is 17.4 Å². The van der Waals surface area contributed by atoms with Gasteiger partial charge in [0, 0.05) is 18.7 Å². The lowest BCUT2D eigenvalue weighted by Gasteiger charge is -2.24. The first kappa shape index (κ1) is 9.79. The van der Waals surface area contributed by atoms with Crippen molar-refractivity contribution in [3.8, 4) is 0 Å². The summed E-state index contributed by atoms with van der Waals surface area (Å²) in [5.74, 6) is 0.982. The number of ketones is 1. The minimum Gasteiger partial charge on any atom is -0.300 e. The molecule has 0 aromatic heterocycles. The molecule has 2 heteroatoms. The van der Waals surface area contributed by atoms with Crippen LogP contribution in [0.15, 0.2) is 12.2 Å². The van der Waals surface area contributed by atoms with Gasteiger partial charge in [-0.15, -0.1) is 11.6 Å². The average Bonchev–Trinajstić information content (AvgIpc) is 2.33. The summed E-state index contributed by atoms with van der Waals surface area (Å²) in [6, 6.07) is 0. The Hall–Kier alpha value is -0.300.